The molecule has 1 heterocycles. The van der Waals surface area contributed by atoms with E-state index in [2.05, 4.69) is 10.3 Å². The lowest BCUT2D eigenvalue weighted by atomic mass is 10.2. The minimum atomic E-state index is -1.74. The van der Waals surface area contributed by atoms with Crippen molar-refractivity contribution in [1.29, 1.82) is 0 Å². The average Bonchev–Trinajstić information content (AvgIpc) is 2.40. The molecule has 1 aromatic carbocycles. The molecular formula is C15H20ClN3. The lowest BCUT2D eigenvalue weighted by molar-refractivity contribution is 0.316. The van der Waals surface area contributed by atoms with E-state index in [0.29, 0.717) is 11.6 Å². The van der Waals surface area contributed by atoms with Crippen LogP contribution in [0.3, 0.4) is 0 Å². The van der Waals surface area contributed by atoms with Gasteiger partial charge in [-0.3, -0.25) is 4.98 Å². The third-order valence-electron chi connectivity index (χ3n) is 2.90. The number of nitrogens with zero attached hydrogens (tertiary/aromatic N) is 2. The van der Waals surface area contributed by atoms with Gasteiger partial charge in [0.2, 0.25) is 0 Å². The van der Waals surface area contributed by atoms with Crippen molar-refractivity contribution in [2.75, 3.05) is 31.4 Å². The van der Waals surface area contributed by atoms with Crippen LogP contribution >= 0.6 is 11.6 Å². The van der Waals surface area contributed by atoms with Crippen molar-refractivity contribution < 1.29 is 5.48 Å². The van der Waals surface area contributed by atoms with Gasteiger partial charge in [0.25, 0.3) is 0 Å². The van der Waals surface area contributed by atoms with Crippen LogP contribution in [0.2, 0.25) is 5.02 Å². The Labute approximate surface area is 125 Å². The Hall–Kier alpha value is -1.32. The molecule has 1 N–H and O–H groups in total. The van der Waals surface area contributed by atoms with Crippen LogP contribution in [-0.2, 0) is 0 Å². The summed E-state index contributed by atoms with van der Waals surface area (Å²) in [5.41, 5.74) is 1.64. The zero-order valence-corrected chi connectivity index (χ0v) is 11.8. The van der Waals surface area contributed by atoms with E-state index in [1.807, 2.05) is 12.1 Å². The fraction of sp³-hybridized carbons (Fsp3) is 0.400. The molecule has 0 saturated heterocycles. The number of pyridine rings is 1. The molecule has 0 atom stereocenters. The van der Waals surface area contributed by atoms with Gasteiger partial charge in [-0.2, -0.15) is 0 Å². The number of fused-ring (bicyclic) bond motifs is 1. The molecule has 0 bridgehead atoms. The minimum Gasteiger partial charge on any atom is -0.383 e. The van der Waals surface area contributed by atoms with Gasteiger partial charge in [-0.05, 0) is 37.3 Å². The molecule has 2 rings (SSSR count). The molecule has 2 aromatic rings. The lowest BCUT2D eigenvalue weighted by Gasteiger charge is -2.18. The smallest absolute Gasteiger partial charge is 0.0737 e. The third-order valence-corrected chi connectivity index (χ3v) is 3.13. The number of anilines is 1. The number of likely N-dealkylation sites (N-methyl/N-ethyl adjacent to an activating group) is 1. The van der Waals surface area contributed by atoms with Gasteiger partial charge in [-0.25, -0.2) is 0 Å². The maximum atomic E-state index is 7.78. The Morgan fingerprint density at radius 1 is 1.32 bits per heavy atom. The minimum absolute atomic E-state index is 0.227. The molecule has 19 heavy (non-hydrogen) atoms. The summed E-state index contributed by atoms with van der Waals surface area (Å²) in [4.78, 5) is 5.46. The summed E-state index contributed by atoms with van der Waals surface area (Å²) in [6, 6.07) is 7.28. The Morgan fingerprint density at radius 3 is 2.84 bits per heavy atom. The van der Waals surface area contributed by atoms with Crippen molar-refractivity contribution >= 4 is 28.2 Å². The molecule has 1 aromatic heterocycles. The predicted octanol–water partition coefficient (Wildman–Crippen LogP) is 3.64. The van der Waals surface area contributed by atoms with E-state index in [9.17, 15) is 0 Å². The molecule has 4 heteroatoms. The van der Waals surface area contributed by atoms with Gasteiger partial charge >= 0.3 is 0 Å². The highest BCUT2D eigenvalue weighted by molar-refractivity contribution is 6.31. The normalized spacial score (nSPS) is 15.8. The molecule has 0 aliphatic heterocycles. The fourth-order valence-electron chi connectivity index (χ4n) is 1.91. The maximum absolute atomic E-state index is 7.78. The predicted molar refractivity (Wildman–Crippen MR) is 83.0 cm³/mol. The Morgan fingerprint density at radius 2 is 2.11 bits per heavy atom. The molecule has 0 amide bonds. The second-order valence-electron chi connectivity index (χ2n) is 4.05. The van der Waals surface area contributed by atoms with E-state index in [1.54, 1.807) is 18.3 Å². The fourth-order valence-corrected chi connectivity index (χ4v) is 2.08. The molecule has 0 aliphatic carbocycles. The quantitative estimate of drug-likeness (QED) is 0.876. The number of nitrogens with one attached hydrogen (secondary N) is 1. The number of benzene rings is 1. The van der Waals surface area contributed by atoms with E-state index in [4.69, 9.17) is 17.1 Å². The summed E-state index contributed by atoms with van der Waals surface area (Å²) in [5.74, 6) is 0. The molecule has 0 spiro atoms. The van der Waals surface area contributed by atoms with Crippen LogP contribution in [-0.4, -0.2) is 36.0 Å². The number of hydrogen-bond acceptors (Lipinski definition) is 3. The average molecular weight is 282 g/mol. The van der Waals surface area contributed by atoms with Gasteiger partial charge in [-0.15, -0.1) is 0 Å². The molecule has 0 unspecified atom stereocenters. The largest absolute Gasteiger partial charge is 0.383 e. The first-order chi connectivity index (χ1) is 10.6. The summed E-state index contributed by atoms with van der Waals surface area (Å²) in [6.45, 7) is -0.134. The van der Waals surface area contributed by atoms with Crippen LogP contribution in [0, 0.1) is 0 Å². The summed E-state index contributed by atoms with van der Waals surface area (Å²) in [7, 11) is 0. The van der Waals surface area contributed by atoms with E-state index < -0.39 is 13.0 Å². The summed E-state index contributed by atoms with van der Waals surface area (Å²) < 4.78 is 31.1. The van der Waals surface area contributed by atoms with Gasteiger partial charge < -0.3 is 10.2 Å². The van der Waals surface area contributed by atoms with Crippen molar-refractivity contribution in [1.82, 2.24) is 9.88 Å². The van der Waals surface area contributed by atoms with E-state index >= 15 is 0 Å². The maximum Gasteiger partial charge on any atom is 0.0737 e. The van der Waals surface area contributed by atoms with Gasteiger partial charge in [0.1, 0.15) is 0 Å². The van der Waals surface area contributed by atoms with Crippen LogP contribution in [0.5, 0.6) is 0 Å². The molecule has 3 nitrogen and oxygen atoms in total. The molecule has 102 valence electrons. The first-order valence-electron chi connectivity index (χ1n) is 8.15. The number of hydrogen-bond donors (Lipinski definition) is 1. The second-order valence-corrected chi connectivity index (χ2v) is 4.48. The SMILES string of the molecule is [2H]C([2H])(C)N(CCNc1ccnc2cc(Cl)ccc12)C([2H])([2H])C. The summed E-state index contributed by atoms with van der Waals surface area (Å²) in [6.07, 6.45) is 1.68. The van der Waals surface area contributed by atoms with Gasteiger partial charge in [0.15, 0.2) is 0 Å². The highest BCUT2D eigenvalue weighted by Crippen LogP contribution is 2.24. The molecule has 0 radical (unpaired) electrons. The van der Waals surface area contributed by atoms with E-state index in [0.717, 1.165) is 16.6 Å². The number of rotatable bonds is 6. The summed E-state index contributed by atoms with van der Waals surface area (Å²) in [5, 5.41) is 4.76. The van der Waals surface area contributed by atoms with Crippen LogP contribution in [0.25, 0.3) is 10.9 Å². The van der Waals surface area contributed by atoms with Crippen molar-refractivity contribution in [2.45, 2.75) is 13.8 Å². The van der Waals surface area contributed by atoms with E-state index in [1.165, 1.54) is 18.7 Å². The third kappa shape index (κ3) is 3.58. The first kappa shape index (κ1) is 9.56. The van der Waals surface area contributed by atoms with Crippen molar-refractivity contribution in [3.8, 4) is 0 Å². The molecule has 0 aliphatic rings. The zero-order valence-electron chi connectivity index (χ0n) is 15.1. The Balaban J connectivity index is 2.12. The van der Waals surface area contributed by atoms with E-state index in [-0.39, 0.29) is 6.54 Å². The number of aromatic nitrogens is 1. The van der Waals surface area contributed by atoms with Gasteiger partial charge in [0.05, 0.1) is 5.52 Å². The van der Waals surface area contributed by atoms with Crippen LogP contribution < -0.4 is 5.32 Å². The highest BCUT2D eigenvalue weighted by atomic mass is 35.5. The van der Waals surface area contributed by atoms with Crippen molar-refractivity contribution in [3.05, 3.63) is 35.5 Å². The molecule has 0 saturated carbocycles. The molecular weight excluding hydrogens is 258 g/mol. The summed E-state index contributed by atoms with van der Waals surface area (Å²) >= 11 is 5.97. The monoisotopic (exact) mass is 281 g/mol. The lowest BCUT2D eigenvalue weighted by Crippen LogP contribution is -2.28. The van der Waals surface area contributed by atoms with Crippen LogP contribution in [0.15, 0.2) is 30.5 Å². The van der Waals surface area contributed by atoms with Crippen molar-refractivity contribution in [2.24, 2.45) is 0 Å². The zero-order chi connectivity index (χ0) is 17.3. The standard InChI is InChI=1S/C15H20ClN3/c1-3-19(4-2)10-9-18-14-7-8-17-15-11-12(16)5-6-13(14)15/h5-8,11H,3-4,9-10H2,1-2H3,(H,17,18)/i3D2,4D2. The highest BCUT2D eigenvalue weighted by Gasteiger charge is 2.03. The number of halogens is 1. The Kier molecular flexibility index (Phi) is 3.39. The van der Waals surface area contributed by atoms with Gasteiger partial charge in [0, 0.05) is 40.9 Å². The molecule has 0 fully saturated rings. The second kappa shape index (κ2) is 6.73. The van der Waals surface area contributed by atoms with Crippen LogP contribution in [0.1, 0.15) is 19.3 Å². The topological polar surface area (TPSA) is 28.2 Å². The van der Waals surface area contributed by atoms with Crippen molar-refractivity contribution in [3.63, 3.8) is 0 Å². The van der Waals surface area contributed by atoms with Gasteiger partial charge in [-0.1, -0.05) is 25.4 Å². The Bertz CT molecular complexity index is 668. The van der Waals surface area contributed by atoms with Crippen LogP contribution in [0.4, 0.5) is 5.69 Å². The first-order valence-corrected chi connectivity index (χ1v) is 6.53.